The van der Waals surface area contributed by atoms with Crippen LogP contribution >= 0.6 is 0 Å². The Morgan fingerprint density at radius 3 is 2.43 bits per heavy atom. The number of allylic oxidation sites excluding steroid dienone is 1. The highest BCUT2D eigenvalue weighted by Crippen LogP contribution is 2.25. The minimum atomic E-state index is -0.283. The lowest BCUT2D eigenvalue weighted by atomic mass is 10.0. The van der Waals surface area contributed by atoms with Crippen LogP contribution in [0.25, 0.3) is 11.6 Å². The molecule has 1 fully saturated rings. The van der Waals surface area contributed by atoms with Crippen molar-refractivity contribution in [3.8, 4) is 6.07 Å². The molecule has 0 bridgehead atoms. The standard InChI is InChI=1S/C20H19FN2/c1-15-4-6-16(7-5-15)18(14-22)12-17-8-9-19(13-20(17)21)23-10-2-3-11-23/h4-9,12-13H,2-3,10-11H2,1H3/b18-12-. The van der Waals surface area contributed by atoms with Crippen LogP contribution in [0.1, 0.15) is 29.5 Å². The van der Waals surface area contributed by atoms with Gasteiger partial charge in [-0.05, 0) is 49.6 Å². The third kappa shape index (κ3) is 3.43. The van der Waals surface area contributed by atoms with Gasteiger partial charge in [0.15, 0.2) is 0 Å². The highest BCUT2D eigenvalue weighted by molar-refractivity contribution is 5.89. The Labute approximate surface area is 136 Å². The van der Waals surface area contributed by atoms with Gasteiger partial charge in [0.2, 0.25) is 0 Å². The Hall–Kier alpha value is -2.60. The van der Waals surface area contributed by atoms with Crippen molar-refractivity contribution in [2.75, 3.05) is 18.0 Å². The van der Waals surface area contributed by atoms with Crippen molar-refractivity contribution in [2.45, 2.75) is 19.8 Å². The van der Waals surface area contributed by atoms with Gasteiger partial charge in [0.1, 0.15) is 5.82 Å². The number of hydrogen-bond donors (Lipinski definition) is 0. The molecule has 2 aromatic rings. The van der Waals surface area contributed by atoms with Gasteiger partial charge >= 0.3 is 0 Å². The van der Waals surface area contributed by atoms with E-state index < -0.39 is 0 Å². The van der Waals surface area contributed by atoms with Crippen LogP contribution in [0, 0.1) is 24.1 Å². The van der Waals surface area contributed by atoms with Gasteiger partial charge in [-0.1, -0.05) is 29.8 Å². The molecule has 1 saturated heterocycles. The Kier molecular flexibility index (Phi) is 4.43. The van der Waals surface area contributed by atoms with Crippen LogP contribution in [0.15, 0.2) is 42.5 Å². The monoisotopic (exact) mass is 306 g/mol. The largest absolute Gasteiger partial charge is 0.371 e. The van der Waals surface area contributed by atoms with Gasteiger partial charge in [-0.25, -0.2) is 4.39 Å². The summed E-state index contributed by atoms with van der Waals surface area (Å²) in [5, 5.41) is 9.38. The highest BCUT2D eigenvalue weighted by Gasteiger charge is 2.14. The number of benzene rings is 2. The molecule has 0 unspecified atom stereocenters. The van der Waals surface area contributed by atoms with E-state index in [-0.39, 0.29) is 5.82 Å². The van der Waals surface area contributed by atoms with Gasteiger partial charge in [-0.3, -0.25) is 0 Å². The van der Waals surface area contributed by atoms with Crippen molar-refractivity contribution in [3.05, 3.63) is 65.0 Å². The molecule has 0 spiro atoms. The predicted molar refractivity (Wildman–Crippen MR) is 92.5 cm³/mol. The summed E-state index contributed by atoms with van der Waals surface area (Å²) in [6, 6.07) is 15.1. The predicted octanol–water partition coefficient (Wildman–Crippen LogP) is 4.80. The number of nitrogens with zero attached hydrogens (tertiary/aromatic N) is 2. The van der Waals surface area contributed by atoms with Crippen LogP contribution < -0.4 is 4.90 Å². The van der Waals surface area contributed by atoms with Crippen molar-refractivity contribution in [1.29, 1.82) is 5.26 Å². The minimum Gasteiger partial charge on any atom is -0.371 e. The molecule has 0 aromatic heterocycles. The third-order valence-electron chi connectivity index (χ3n) is 4.24. The van der Waals surface area contributed by atoms with E-state index in [1.807, 2.05) is 37.3 Å². The lowest BCUT2D eigenvalue weighted by Crippen LogP contribution is -2.17. The SMILES string of the molecule is Cc1ccc(/C(C#N)=C\c2ccc(N3CCCC3)cc2F)cc1. The fourth-order valence-electron chi connectivity index (χ4n) is 2.87. The molecule has 2 aromatic carbocycles. The summed E-state index contributed by atoms with van der Waals surface area (Å²) in [7, 11) is 0. The van der Waals surface area contributed by atoms with E-state index in [1.165, 1.54) is 0 Å². The van der Waals surface area contributed by atoms with E-state index >= 15 is 0 Å². The summed E-state index contributed by atoms with van der Waals surface area (Å²) < 4.78 is 14.4. The molecule has 1 aliphatic rings. The molecular weight excluding hydrogens is 287 g/mol. The molecule has 0 N–H and O–H groups in total. The van der Waals surface area contributed by atoms with Crippen LogP contribution in [-0.4, -0.2) is 13.1 Å². The molecule has 23 heavy (non-hydrogen) atoms. The van der Waals surface area contributed by atoms with E-state index in [9.17, 15) is 9.65 Å². The summed E-state index contributed by atoms with van der Waals surface area (Å²) in [4.78, 5) is 2.20. The number of aryl methyl sites for hydroxylation is 1. The van der Waals surface area contributed by atoms with Gasteiger partial charge in [-0.2, -0.15) is 5.26 Å². The second-order valence-electron chi connectivity index (χ2n) is 5.94. The van der Waals surface area contributed by atoms with Gasteiger partial charge in [0.25, 0.3) is 0 Å². The minimum absolute atomic E-state index is 0.283. The number of nitriles is 1. The first-order valence-electron chi connectivity index (χ1n) is 7.91. The zero-order valence-corrected chi connectivity index (χ0v) is 13.2. The molecule has 2 nitrogen and oxygen atoms in total. The van der Waals surface area contributed by atoms with Crippen molar-refractivity contribution in [3.63, 3.8) is 0 Å². The molecule has 3 rings (SSSR count). The maximum Gasteiger partial charge on any atom is 0.132 e. The first-order valence-corrected chi connectivity index (χ1v) is 7.91. The summed E-state index contributed by atoms with van der Waals surface area (Å²) in [5.74, 6) is -0.283. The van der Waals surface area contributed by atoms with Crippen LogP contribution in [0.2, 0.25) is 0 Å². The summed E-state index contributed by atoms with van der Waals surface area (Å²) >= 11 is 0. The number of anilines is 1. The smallest absolute Gasteiger partial charge is 0.132 e. The first kappa shape index (κ1) is 15.3. The lowest BCUT2D eigenvalue weighted by molar-refractivity contribution is 0.624. The average molecular weight is 306 g/mol. The Morgan fingerprint density at radius 1 is 1.13 bits per heavy atom. The molecule has 0 amide bonds. The molecule has 0 aliphatic carbocycles. The molecule has 0 saturated carbocycles. The van der Waals surface area contributed by atoms with Gasteiger partial charge in [0.05, 0.1) is 11.6 Å². The maximum atomic E-state index is 14.4. The zero-order valence-electron chi connectivity index (χ0n) is 13.2. The Balaban J connectivity index is 1.91. The van der Waals surface area contributed by atoms with Gasteiger partial charge in [-0.15, -0.1) is 0 Å². The molecule has 1 aliphatic heterocycles. The molecule has 0 atom stereocenters. The molecular formula is C20H19FN2. The fraction of sp³-hybridized carbons (Fsp3) is 0.250. The van der Waals surface area contributed by atoms with E-state index in [4.69, 9.17) is 0 Å². The van der Waals surface area contributed by atoms with Crippen molar-refractivity contribution in [2.24, 2.45) is 0 Å². The number of rotatable bonds is 3. The summed E-state index contributed by atoms with van der Waals surface area (Å²) in [6.07, 6.45) is 3.94. The van der Waals surface area contributed by atoms with E-state index in [1.54, 1.807) is 18.2 Å². The Morgan fingerprint density at radius 2 is 1.83 bits per heavy atom. The van der Waals surface area contributed by atoms with Crippen molar-refractivity contribution >= 4 is 17.3 Å². The third-order valence-corrected chi connectivity index (χ3v) is 4.24. The normalized spacial score (nSPS) is 14.8. The highest BCUT2D eigenvalue weighted by atomic mass is 19.1. The quantitative estimate of drug-likeness (QED) is 0.601. The van der Waals surface area contributed by atoms with Crippen LogP contribution in [0.4, 0.5) is 10.1 Å². The topological polar surface area (TPSA) is 27.0 Å². The average Bonchev–Trinajstić information content (AvgIpc) is 3.09. The van der Waals surface area contributed by atoms with Crippen LogP contribution in [0.5, 0.6) is 0 Å². The lowest BCUT2D eigenvalue weighted by Gasteiger charge is -2.17. The van der Waals surface area contributed by atoms with Crippen LogP contribution in [0.3, 0.4) is 0 Å². The molecule has 0 radical (unpaired) electrons. The molecule has 116 valence electrons. The Bertz CT molecular complexity index is 763. The first-order chi connectivity index (χ1) is 11.2. The van der Waals surface area contributed by atoms with E-state index in [0.717, 1.165) is 42.7 Å². The zero-order chi connectivity index (χ0) is 16.2. The summed E-state index contributed by atoms with van der Waals surface area (Å²) in [5.41, 5.74) is 3.78. The fourth-order valence-corrected chi connectivity index (χ4v) is 2.87. The summed E-state index contributed by atoms with van der Waals surface area (Å²) in [6.45, 7) is 3.97. The van der Waals surface area contributed by atoms with E-state index in [2.05, 4.69) is 11.0 Å². The molecule has 1 heterocycles. The van der Waals surface area contributed by atoms with Gasteiger partial charge in [0, 0.05) is 24.3 Å². The van der Waals surface area contributed by atoms with Crippen molar-refractivity contribution < 1.29 is 4.39 Å². The number of hydrogen-bond acceptors (Lipinski definition) is 2. The van der Waals surface area contributed by atoms with E-state index in [0.29, 0.717) is 11.1 Å². The van der Waals surface area contributed by atoms with Crippen molar-refractivity contribution in [1.82, 2.24) is 0 Å². The second kappa shape index (κ2) is 6.66. The van der Waals surface area contributed by atoms with Gasteiger partial charge < -0.3 is 4.90 Å². The molecule has 3 heteroatoms. The number of halogens is 1. The second-order valence-corrected chi connectivity index (χ2v) is 5.94. The maximum absolute atomic E-state index is 14.4. The van der Waals surface area contributed by atoms with Crippen LogP contribution in [-0.2, 0) is 0 Å².